The summed E-state index contributed by atoms with van der Waals surface area (Å²) in [4.78, 5) is 11.0. The monoisotopic (exact) mass is 378 g/mol. The molecular weight excluding hydrogens is 356 g/mol. The average Bonchev–Trinajstić information content (AvgIpc) is 2.68. The summed E-state index contributed by atoms with van der Waals surface area (Å²) in [5.74, 6) is 1.66. The van der Waals surface area contributed by atoms with Gasteiger partial charge in [-0.1, -0.05) is 24.3 Å². The highest BCUT2D eigenvalue weighted by molar-refractivity contribution is 5.71. The van der Waals surface area contributed by atoms with Crippen LogP contribution in [0.15, 0.2) is 66.7 Å². The van der Waals surface area contributed by atoms with Gasteiger partial charge in [-0.25, -0.2) is 0 Å². The van der Waals surface area contributed by atoms with Crippen molar-refractivity contribution in [2.24, 2.45) is 0 Å². The summed E-state index contributed by atoms with van der Waals surface area (Å²) >= 11 is 0. The number of hydrogen-bond acceptors (Lipinski definition) is 4. The molecule has 5 nitrogen and oxygen atoms in total. The van der Waals surface area contributed by atoms with Gasteiger partial charge in [0, 0.05) is 6.07 Å². The van der Waals surface area contributed by atoms with Crippen LogP contribution in [0.3, 0.4) is 0 Å². The maximum absolute atomic E-state index is 11.0. The normalized spacial score (nSPS) is 10.4. The Labute approximate surface area is 164 Å². The number of methoxy groups -OCH3 is 1. The summed E-state index contributed by atoms with van der Waals surface area (Å²) in [5, 5.41) is 9.04. The van der Waals surface area contributed by atoms with Crippen LogP contribution in [0, 0.1) is 0 Å². The van der Waals surface area contributed by atoms with Gasteiger partial charge in [-0.05, 0) is 60.0 Å². The lowest BCUT2D eigenvalue weighted by atomic mass is 10.1. The van der Waals surface area contributed by atoms with Crippen molar-refractivity contribution in [2.75, 3.05) is 13.7 Å². The van der Waals surface area contributed by atoms with Crippen LogP contribution in [0.1, 0.15) is 12.5 Å². The summed E-state index contributed by atoms with van der Waals surface area (Å²) in [6, 6.07) is 20.7. The second kappa shape index (κ2) is 8.95. The molecule has 0 saturated carbocycles. The van der Waals surface area contributed by atoms with Crippen LogP contribution in [0.4, 0.5) is 0 Å². The molecule has 3 aromatic rings. The molecule has 0 radical (unpaired) electrons. The minimum atomic E-state index is -0.906. The van der Waals surface area contributed by atoms with Gasteiger partial charge in [0.1, 0.15) is 23.0 Å². The molecule has 0 aliphatic heterocycles. The van der Waals surface area contributed by atoms with E-state index in [0.717, 1.165) is 16.9 Å². The van der Waals surface area contributed by atoms with Crippen LogP contribution in [0.25, 0.3) is 11.1 Å². The minimum Gasteiger partial charge on any atom is -0.497 e. The SMILES string of the molecule is CCOc1ccc(-c2cccc(Oc3cc(CC(=O)O)cc(OC)c3)c2)cc1. The van der Waals surface area contributed by atoms with Gasteiger partial charge in [-0.3, -0.25) is 4.79 Å². The van der Waals surface area contributed by atoms with Crippen LogP contribution < -0.4 is 14.2 Å². The molecule has 5 heteroatoms. The Kier molecular flexibility index (Phi) is 6.17. The number of carboxylic acids is 1. The maximum Gasteiger partial charge on any atom is 0.307 e. The molecule has 0 fully saturated rings. The standard InChI is InChI=1S/C23H22O5/c1-3-27-19-9-7-17(8-10-19)18-5-4-6-20(14-18)28-22-12-16(13-23(24)25)11-21(15-22)26-2/h4-12,14-15H,3,13H2,1-2H3,(H,24,25). The summed E-state index contributed by atoms with van der Waals surface area (Å²) in [5.41, 5.74) is 2.67. The van der Waals surface area contributed by atoms with E-state index >= 15 is 0 Å². The number of rotatable bonds is 8. The van der Waals surface area contributed by atoms with E-state index < -0.39 is 5.97 Å². The fourth-order valence-corrected chi connectivity index (χ4v) is 2.87. The second-order valence-electron chi connectivity index (χ2n) is 6.17. The molecule has 3 rings (SSSR count). The number of carbonyl (C=O) groups is 1. The molecular formula is C23H22O5. The first kappa shape index (κ1) is 19.3. The topological polar surface area (TPSA) is 65.0 Å². The molecule has 28 heavy (non-hydrogen) atoms. The van der Waals surface area contributed by atoms with E-state index in [1.54, 1.807) is 18.2 Å². The van der Waals surface area contributed by atoms with Crippen LogP contribution in [0.2, 0.25) is 0 Å². The van der Waals surface area contributed by atoms with Gasteiger partial charge >= 0.3 is 5.97 Å². The second-order valence-corrected chi connectivity index (χ2v) is 6.17. The molecule has 0 aliphatic rings. The van der Waals surface area contributed by atoms with E-state index in [2.05, 4.69) is 0 Å². The lowest BCUT2D eigenvalue weighted by molar-refractivity contribution is -0.136. The highest BCUT2D eigenvalue weighted by atomic mass is 16.5. The summed E-state index contributed by atoms with van der Waals surface area (Å²) in [7, 11) is 1.54. The Morgan fingerprint density at radius 3 is 2.29 bits per heavy atom. The van der Waals surface area contributed by atoms with Crippen LogP contribution >= 0.6 is 0 Å². The highest BCUT2D eigenvalue weighted by Crippen LogP contribution is 2.31. The van der Waals surface area contributed by atoms with Crippen LogP contribution in [-0.2, 0) is 11.2 Å². The van der Waals surface area contributed by atoms with E-state index in [1.807, 2.05) is 55.5 Å². The molecule has 0 saturated heterocycles. The first-order valence-corrected chi connectivity index (χ1v) is 8.98. The molecule has 0 amide bonds. The third-order valence-electron chi connectivity index (χ3n) is 4.10. The zero-order chi connectivity index (χ0) is 19.9. The third kappa shape index (κ3) is 5.04. The molecule has 1 N–H and O–H groups in total. The van der Waals surface area contributed by atoms with Crippen LogP contribution in [-0.4, -0.2) is 24.8 Å². The molecule has 0 aromatic heterocycles. The van der Waals surface area contributed by atoms with Crippen molar-refractivity contribution in [3.63, 3.8) is 0 Å². The fourth-order valence-electron chi connectivity index (χ4n) is 2.87. The Bertz CT molecular complexity index is 947. The largest absolute Gasteiger partial charge is 0.497 e. The Morgan fingerprint density at radius 2 is 1.61 bits per heavy atom. The van der Waals surface area contributed by atoms with Gasteiger partial charge in [0.2, 0.25) is 0 Å². The predicted octanol–water partition coefficient (Wildman–Crippen LogP) is 5.18. The van der Waals surface area contributed by atoms with E-state index in [9.17, 15) is 4.79 Å². The van der Waals surface area contributed by atoms with Crippen molar-refractivity contribution >= 4 is 5.97 Å². The number of ether oxygens (including phenoxy) is 3. The van der Waals surface area contributed by atoms with E-state index in [0.29, 0.717) is 29.4 Å². The van der Waals surface area contributed by atoms with Crippen molar-refractivity contribution < 1.29 is 24.1 Å². The Hall–Kier alpha value is -3.47. The highest BCUT2D eigenvalue weighted by Gasteiger charge is 2.08. The van der Waals surface area contributed by atoms with Gasteiger partial charge < -0.3 is 19.3 Å². The van der Waals surface area contributed by atoms with Crippen molar-refractivity contribution in [3.8, 4) is 34.1 Å². The lowest BCUT2D eigenvalue weighted by Crippen LogP contribution is -2.00. The zero-order valence-electron chi connectivity index (χ0n) is 15.8. The molecule has 3 aromatic carbocycles. The summed E-state index contributed by atoms with van der Waals surface area (Å²) in [6.07, 6.45) is -0.0974. The van der Waals surface area contributed by atoms with Gasteiger partial charge in [0.05, 0.1) is 20.1 Å². The molecule has 0 spiro atoms. The maximum atomic E-state index is 11.0. The van der Waals surface area contributed by atoms with E-state index in [4.69, 9.17) is 19.3 Å². The summed E-state index contributed by atoms with van der Waals surface area (Å²) in [6.45, 7) is 2.59. The molecule has 0 unspecified atom stereocenters. The first-order chi connectivity index (χ1) is 13.6. The molecule has 0 aliphatic carbocycles. The van der Waals surface area contributed by atoms with Gasteiger partial charge in [-0.15, -0.1) is 0 Å². The van der Waals surface area contributed by atoms with Crippen LogP contribution in [0.5, 0.6) is 23.0 Å². The summed E-state index contributed by atoms with van der Waals surface area (Å²) < 4.78 is 16.7. The fraction of sp³-hybridized carbons (Fsp3) is 0.174. The van der Waals surface area contributed by atoms with Gasteiger partial charge in [0.25, 0.3) is 0 Å². The van der Waals surface area contributed by atoms with Crippen molar-refractivity contribution in [2.45, 2.75) is 13.3 Å². The van der Waals surface area contributed by atoms with E-state index in [-0.39, 0.29) is 6.42 Å². The Morgan fingerprint density at radius 1 is 0.857 bits per heavy atom. The zero-order valence-corrected chi connectivity index (χ0v) is 15.8. The number of aliphatic carboxylic acids is 1. The molecule has 144 valence electrons. The predicted molar refractivity (Wildman–Crippen MR) is 107 cm³/mol. The van der Waals surface area contributed by atoms with Crippen molar-refractivity contribution in [3.05, 3.63) is 72.3 Å². The smallest absolute Gasteiger partial charge is 0.307 e. The third-order valence-corrected chi connectivity index (χ3v) is 4.10. The van der Waals surface area contributed by atoms with Crippen molar-refractivity contribution in [1.82, 2.24) is 0 Å². The number of hydrogen-bond donors (Lipinski definition) is 1. The number of benzene rings is 3. The Balaban J connectivity index is 1.83. The molecule has 0 bridgehead atoms. The van der Waals surface area contributed by atoms with Gasteiger partial charge in [0.15, 0.2) is 0 Å². The average molecular weight is 378 g/mol. The molecule has 0 atom stereocenters. The van der Waals surface area contributed by atoms with Gasteiger partial charge in [-0.2, -0.15) is 0 Å². The molecule has 0 heterocycles. The lowest BCUT2D eigenvalue weighted by Gasteiger charge is -2.11. The first-order valence-electron chi connectivity index (χ1n) is 8.98. The minimum absolute atomic E-state index is 0.0974. The van der Waals surface area contributed by atoms with Crippen molar-refractivity contribution in [1.29, 1.82) is 0 Å². The quantitative estimate of drug-likeness (QED) is 0.585. The number of carboxylic acid groups (broad SMARTS) is 1. The van der Waals surface area contributed by atoms with E-state index in [1.165, 1.54) is 7.11 Å².